The van der Waals surface area contributed by atoms with E-state index in [0.717, 1.165) is 22.6 Å². The van der Waals surface area contributed by atoms with Crippen molar-refractivity contribution < 1.29 is 0 Å². The van der Waals surface area contributed by atoms with E-state index in [1.165, 1.54) is 4.88 Å². The van der Waals surface area contributed by atoms with Crippen LogP contribution in [0.1, 0.15) is 4.88 Å². The molecule has 0 aromatic carbocycles. The molecule has 3 nitrogen and oxygen atoms in total. The third-order valence-electron chi connectivity index (χ3n) is 1.84. The van der Waals surface area contributed by atoms with Crippen LogP contribution < -0.4 is 5.32 Å². The van der Waals surface area contributed by atoms with Crippen LogP contribution in [-0.4, -0.2) is 22.4 Å². The molecule has 2 rings (SSSR count). The number of nitrogens with zero attached hydrogens (tertiary/aromatic N) is 2. The Morgan fingerprint density at radius 1 is 1.50 bits per heavy atom. The van der Waals surface area contributed by atoms with Gasteiger partial charge >= 0.3 is 0 Å². The van der Waals surface area contributed by atoms with Crippen LogP contribution in [-0.2, 0) is 0 Å². The summed E-state index contributed by atoms with van der Waals surface area (Å²) >= 11 is 7.28. The second kappa shape index (κ2) is 4.11. The molecule has 0 aliphatic carbocycles. The van der Waals surface area contributed by atoms with E-state index in [-0.39, 0.29) is 0 Å². The van der Waals surface area contributed by atoms with Gasteiger partial charge < -0.3 is 5.32 Å². The summed E-state index contributed by atoms with van der Waals surface area (Å²) in [6.07, 6.45) is 1.58. The number of hydrogen-bond acceptors (Lipinski definition) is 4. The van der Waals surface area contributed by atoms with Gasteiger partial charge in [0.05, 0.1) is 5.39 Å². The topological polar surface area (TPSA) is 37.8 Å². The van der Waals surface area contributed by atoms with Gasteiger partial charge in [0, 0.05) is 17.3 Å². The molecule has 74 valence electrons. The largest absolute Gasteiger partial charge is 0.368 e. The van der Waals surface area contributed by atoms with Crippen LogP contribution >= 0.6 is 22.9 Å². The summed E-state index contributed by atoms with van der Waals surface area (Å²) in [6, 6.07) is 2.09. The van der Waals surface area contributed by atoms with Crippen LogP contribution in [0.3, 0.4) is 0 Å². The van der Waals surface area contributed by atoms with Gasteiger partial charge in [0.25, 0.3) is 0 Å². The number of halogens is 1. The minimum Gasteiger partial charge on any atom is -0.368 e. The van der Waals surface area contributed by atoms with Gasteiger partial charge in [-0.05, 0) is 13.0 Å². The molecule has 0 bridgehead atoms. The first-order chi connectivity index (χ1) is 6.81. The molecular formula is C9H10ClN3S. The highest BCUT2D eigenvalue weighted by Gasteiger charge is 2.05. The quantitative estimate of drug-likeness (QED) is 0.820. The minimum absolute atomic E-state index is 0.578. The first-order valence-corrected chi connectivity index (χ1v) is 5.67. The van der Waals surface area contributed by atoms with Crippen LogP contribution in [0, 0.1) is 6.92 Å². The Hall–Kier alpha value is -0.870. The standard InChI is InChI=1S/C9H10ClN3S/c1-6-4-7-8(11-3-2-10)12-5-13-9(7)14-6/h4-5H,2-3H2,1H3,(H,11,12,13). The van der Waals surface area contributed by atoms with Crippen molar-refractivity contribution >= 4 is 39.0 Å². The average Bonchev–Trinajstić information content (AvgIpc) is 2.55. The molecule has 0 radical (unpaired) electrons. The van der Waals surface area contributed by atoms with Gasteiger partial charge in [-0.25, -0.2) is 9.97 Å². The lowest BCUT2D eigenvalue weighted by molar-refractivity contribution is 1.15. The van der Waals surface area contributed by atoms with Crippen LogP contribution in [0.4, 0.5) is 5.82 Å². The maximum atomic E-state index is 5.60. The smallest absolute Gasteiger partial charge is 0.138 e. The molecule has 0 amide bonds. The monoisotopic (exact) mass is 227 g/mol. The maximum Gasteiger partial charge on any atom is 0.138 e. The van der Waals surface area contributed by atoms with Gasteiger partial charge in [-0.2, -0.15) is 0 Å². The number of alkyl halides is 1. The van der Waals surface area contributed by atoms with Crippen molar-refractivity contribution in [1.82, 2.24) is 9.97 Å². The van der Waals surface area contributed by atoms with Crippen LogP contribution in [0.25, 0.3) is 10.2 Å². The molecule has 2 aromatic heterocycles. The number of rotatable bonds is 3. The number of hydrogen-bond donors (Lipinski definition) is 1. The highest BCUT2D eigenvalue weighted by Crippen LogP contribution is 2.27. The van der Waals surface area contributed by atoms with Crippen molar-refractivity contribution in [2.45, 2.75) is 6.92 Å². The second-order valence-electron chi connectivity index (χ2n) is 2.91. The zero-order valence-corrected chi connectivity index (χ0v) is 9.32. The zero-order chi connectivity index (χ0) is 9.97. The van der Waals surface area contributed by atoms with Crippen LogP contribution in [0.2, 0.25) is 0 Å². The van der Waals surface area contributed by atoms with Gasteiger partial charge in [0.15, 0.2) is 0 Å². The summed E-state index contributed by atoms with van der Waals surface area (Å²) < 4.78 is 0. The SMILES string of the molecule is Cc1cc2c(NCCCl)ncnc2s1. The van der Waals surface area contributed by atoms with E-state index in [2.05, 4.69) is 28.3 Å². The molecular weight excluding hydrogens is 218 g/mol. The Morgan fingerprint density at radius 2 is 2.36 bits per heavy atom. The zero-order valence-electron chi connectivity index (χ0n) is 7.75. The van der Waals surface area contributed by atoms with E-state index in [9.17, 15) is 0 Å². The molecule has 0 aliphatic rings. The van der Waals surface area contributed by atoms with Crippen molar-refractivity contribution in [3.63, 3.8) is 0 Å². The molecule has 0 saturated heterocycles. The number of aromatic nitrogens is 2. The minimum atomic E-state index is 0.578. The van der Waals surface area contributed by atoms with Crippen molar-refractivity contribution in [1.29, 1.82) is 0 Å². The number of thiophene rings is 1. The molecule has 0 fully saturated rings. The lowest BCUT2D eigenvalue weighted by Gasteiger charge is -2.02. The molecule has 5 heteroatoms. The van der Waals surface area contributed by atoms with Gasteiger partial charge in [-0.15, -0.1) is 22.9 Å². The summed E-state index contributed by atoms with van der Waals surface area (Å²) in [6.45, 7) is 2.79. The molecule has 0 spiro atoms. The fourth-order valence-corrected chi connectivity index (χ4v) is 2.22. The number of anilines is 1. The molecule has 2 heterocycles. The lowest BCUT2D eigenvalue weighted by Crippen LogP contribution is -2.04. The summed E-state index contributed by atoms with van der Waals surface area (Å²) in [5, 5.41) is 4.26. The fourth-order valence-electron chi connectivity index (χ4n) is 1.28. The Kier molecular flexibility index (Phi) is 2.84. The Morgan fingerprint density at radius 3 is 3.14 bits per heavy atom. The number of aryl methyl sites for hydroxylation is 1. The molecule has 14 heavy (non-hydrogen) atoms. The van der Waals surface area contributed by atoms with Crippen molar-refractivity contribution in [2.24, 2.45) is 0 Å². The summed E-state index contributed by atoms with van der Waals surface area (Å²) in [5.41, 5.74) is 0. The van der Waals surface area contributed by atoms with E-state index in [1.807, 2.05) is 0 Å². The van der Waals surface area contributed by atoms with Crippen molar-refractivity contribution in [3.8, 4) is 0 Å². The van der Waals surface area contributed by atoms with Gasteiger partial charge in [-0.3, -0.25) is 0 Å². The van der Waals surface area contributed by atoms with E-state index in [4.69, 9.17) is 11.6 Å². The Balaban J connectivity index is 2.42. The van der Waals surface area contributed by atoms with E-state index in [1.54, 1.807) is 17.7 Å². The van der Waals surface area contributed by atoms with Crippen LogP contribution in [0.5, 0.6) is 0 Å². The number of nitrogens with one attached hydrogen (secondary N) is 1. The first-order valence-electron chi connectivity index (χ1n) is 4.32. The van der Waals surface area contributed by atoms with E-state index >= 15 is 0 Å². The van der Waals surface area contributed by atoms with Crippen molar-refractivity contribution in [3.05, 3.63) is 17.3 Å². The third-order valence-corrected chi connectivity index (χ3v) is 2.99. The van der Waals surface area contributed by atoms with Gasteiger partial charge in [-0.1, -0.05) is 0 Å². The highest BCUT2D eigenvalue weighted by atomic mass is 35.5. The fraction of sp³-hybridized carbons (Fsp3) is 0.333. The third kappa shape index (κ3) is 1.81. The molecule has 0 atom stereocenters. The summed E-state index contributed by atoms with van der Waals surface area (Å²) in [7, 11) is 0. The van der Waals surface area contributed by atoms with E-state index < -0.39 is 0 Å². The second-order valence-corrected chi connectivity index (χ2v) is 4.53. The summed E-state index contributed by atoms with van der Waals surface area (Å²) in [4.78, 5) is 10.7. The van der Waals surface area contributed by atoms with Crippen molar-refractivity contribution in [2.75, 3.05) is 17.7 Å². The van der Waals surface area contributed by atoms with E-state index in [0.29, 0.717) is 5.88 Å². The molecule has 0 aliphatic heterocycles. The van der Waals surface area contributed by atoms with Gasteiger partial charge in [0.1, 0.15) is 17.0 Å². The van der Waals surface area contributed by atoms with Gasteiger partial charge in [0.2, 0.25) is 0 Å². The average molecular weight is 228 g/mol. The lowest BCUT2D eigenvalue weighted by atomic mass is 10.3. The highest BCUT2D eigenvalue weighted by molar-refractivity contribution is 7.18. The molecule has 0 unspecified atom stereocenters. The summed E-state index contributed by atoms with van der Waals surface area (Å²) in [5.74, 6) is 1.45. The normalized spacial score (nSPS) is 10.7. The predicted octanol–water partition coefficient (Wildman–Crippen LogP) is 2.65. The Bertz CT molecular complexity index is 441. The number of fused-ring (bicyclic) bond motifs is 1. The molecule has 0 saturated carbocycles. The van der Waals surface area contributed by atoms with Crippen LogP contribution in [0.15, 0.2) is 12.4 Å². The molecule has 1 N–H and O–H groups in total. The predicted molar refractivity (Wildman–Crippen MR) is 61.4 cm³/mol. The Labute approximate surface area is 91.1 Å². The molecule has 2 aromatic rings. The first kappa shape index (κ1) is 9.68. The maximum absolute atomic E-state index is 5.60.